The Kier molecular flexibility index (Phi) is 2.64. The van der Waals surface area contributed by atoms with Gasteiger partial charge in [-0.2, -0.15) is 4.98 Å². The topological polar surface area (TPSA) is 93.6 Å². The first kappa shape index (κ1) is 11.6. The summed E-state index contributed by atoms with van der Waals surface area (Å²) >= 11 is 0. The van der Waals surface area contributed by atoms with Crippen LogP contribution in [0.4, 0.5) is 0 Å². The number of rotatable bonds is 3. The fourth-order valence-corrected chi connectivity index (χ4v) is 1.83. The van der Waals surface area contributed by atoms with Crippen molar-refractivity contribution < 1.29 is 4.52 Å². The molecular weight excluding hydrogens is 242 g/mol. The van der Waals surface area contributed by atoms with Crippen molar-refractivity contribution >= 4 is 0 Å². The lowest BCUT2D eigenvalue weighted by Gasteiger charge is -2.19. The molecule has 0 bridgehead atoms. The van der Waals surface area contributed by atoms with Crippen molar-refractivity contribution in [3.05, 3.63) is 54.2 Å². The van der Waals surface area contributed by atoms with Crippen molar-refractivity contribution in [2.75, 3.05) is 0 Å². The molecule has 0 saturated carbocycles. The van der Waals surface area contributed by atoms with Gasteiger partial charge in [0.1, 0.15) is 5.54 Å². The van der Waals surface area contributed by atoms with Crippen LogP contribution >= 0.6 is 0 Å². The number of H-pyrrole nitrogens is 1. The van der Waals surface area contributed by atoms with E-state index in [9.17, 15) is 0 Å². The molecule has 19 heavy (non-hydrogen) atoms. The van der Waals surface area contributed by atoms with Gasteiger partial charge in [0.05, 0.1) is 0 Å². The number of hydrogen-bond donors (Lipinski definition) is 2. The van der Waals surface area contributed by atoms with Crippen molar-refractivity contribution in [1.82, 2.24) is 20.1 Å². The average Bonchev–Trinajstić information content (AvgIpc) is 3.10. The zero-order valence-corrected chi connectivity index (χ0v) is 10.4. The van der Waals surface area contributed by atoms with E-state index >= 15 is 0 Å². The standard InChI is InChI=1S/C13H13N5O/c1-13(14,9-5-3-2-4-6-9)12-17-11(18-19-12)10-15-7-8-16-10/h2-8H,14H2,1H3,(H,15,16). The highest BCUT2D eigenvalue weighted by atomic mass is 16.5. The summed E-state index contributed by atoms with van der Waals surface area (Å²) in [6, 6.07) is 9.63. The Hall–Kier alpha value is -2.47. The fourth-order valence-electron chi connectivity index (χ4n) is 1.83. The van der Waals surface area contributed by atoms with Crippen LogP contribution in [0.25, 0.3) is 11.6 Å². The second-order valence-electron chi connectivity index (χ2n) is 4.43. The van der Waals surface area contributed by atoms with Crippen LogP contribution in [0.5, 0.6) is 0 Å². The average molecular weight is 255 g/mol. The number of nitrogens with two attached hydrogens (primary N) is 1. The van der Waals surface area contributed by atoms with Crippen LogP contribution in [0.15, 0.2) is 47.2 Å². The third kappa shape index (κ3) is 2.02. The number of nitrogens with zero attached hydrogens (tertiary/aromatic N) is 3. The molecule has 3 aromatic rings. The summed E-state index contributed by atoms with van der Waals surface area (Å²) < 4.78 is 5.26. The van der Waals surface area contributed by atoms with Crippen LogP contribution in [-0.2, 0) is 5.54 Å². The minimum Gasteiger partial charge on any atom is -0.342 e. The number of nitrogens with one attached hydrogen (secondary N) is 1. The van der Waals surface area contributed by atoms with E-state index in [1.54, 1.807) is 12.4 Å². The maximum absolute atomic E-state index is 6.30. The molecule has 3 rings (SSSR count). The van der Waals surface area contributed by atoms with Gasteiger partial charge < -0.3 is 15.2 Å². The highest BCUT2D eigenvalue weighted by Crippen LogP contribution is 2.26. The molecule has 0 aliphatic rings. The van der Waals surface area contributed by atoms with Gasteiger partial charge >= 0.3 is 0 Å². The van der Waals surface area contributed by atoms with E-state index in [1.807, 2.05) is 37.3 Å². The smallest absolute Gasteiger partial charge is 0.251 e. The van der Waals surface area contributed by atoms with E-state index in [4.69, 9.17) is 10.3 Å². The molecule has 0 aliphatic heterocycles. The van der Waals surface area contributed by atoms with Crippen LogP contribution in [0.1, 0.15) is 18.4 Å². The largest absolute Gasteiger partial charge is 0.342 e. The molecule has 0 saturated heterocycles. The molecule has 0 spiro atoms. The molecule has 1 unspecified atom stereocenters. The van der Waals surface area contributed by atoms with Crippen LogP contribution < -0.4 is 5.73 Å². The molecule has 6 nitrogen and oxygen atoms in total. The van der Waals surface area contributed by atoms with Crippen molar-refractivity contribution in [3.8, 4) is 11.6 Å². The Bertz CT molecular complexity index is 657. The van der Waals surface area contributed by atoms with Gasteiger partial charge in [-0.15, -0.1) is 0 Å². The highest BCUT2D eigenvalue weighted by molar-refractivity contribution is 5.42. The van der Waals surface area contributed by atoms with Crippen molar-refractivity contribution in [1.29, 1.82) is 0 Å². The van der Waals surface area contributed by atoms with E-state index in [0.717, 1.165) is 5.56 Å². The second-order valence-corrected chi connectivity index (χ2v) is 4.43. The molecule has 96 valence electrons. The minimum atomic E-state index is -0.834. The van der Waals surface area contributed by atoms with Crippen LogP contribution in [0.2, 0.25) is 0 Å². The van der Waals surface area contributed by atoms with E-state index in [-0.39, 0.29) is 0 Å². The SMILES string of the molecule is CC(N)(c1ccccc1)c1nc(-c2ncc[nH]2)no1. The first-order chi connectivity index (χ1) is 9.18. The highest BCUT2D eigenvalue weighted by Gasteiger charge is 2.30. The summed E-state index contributed by atoms with van der Waals surface area (Å²) in [5.74, 6) is 1.30. The Morgan fingerprint density at radius 1 is 1.26 bits per heavy atom. The van der Waals surface area contributed by atoms with E-state index in [2.05, 4.69) is 20.1 Å². The Labute approximate surface area is 109 Å². The molecular formula is C13H13N5O. The lowest BCUT2D eigenvalue weighted by atomic mass is 9.93. The van der Waals surface area contributed by atoms with Gasteiger partial charge in [-0.3, -0.25) is 0 Å². The number of imidazole rings is 1. The number of aromatic amines is 1. The molecule has 2 aromatic heterocycles. The summed E-state index contributed by atoms with van der Waals surface area (Å²) in [6.45, 7) is 1.84. The zero-order valence-electron chi connectivity index (χ0n) is 10.4. The summed E-state index contributed by atoms with van der Waals surface area (Å²) in [5, 5.41) is 3.89. The second kappa shape index (κ2) is 4.33. The first-order valence-electron chi connectivity index (χ1n) is 5.86. The number of aromatic nitrogens is 4. The van der Waals surface area contributed by atoms with E-state index in [1.165, 1.54) is 0 Å². The number of hydrogen-bond acceptors (Lipinski definition) is 5. The predicted molar refractivity (Wildman–Crippen MR) is 69.0 cm³/mol. The summed E-state index contributed by atoms with van der Waals surface area (Å²) in [6.07, 6.45) is 3.33. The van der Waals surface area contributed by atoms with Crippen LogP contribution in [0.3, 0.4) is 0 Å². The van der Waals surface area contributed by atoms with Gasteiger partial charge in [-0.1, -0.05) is 35.5 Å². The Balaban J connectivity index is 1.99. The zero-order chi connectivity index (χ0) is 13.3. The van der Waals surface area contributed by atoms with Gasteiger partial charge in [-0.05, 0) is 12.5 Å². The van der Waals surface area contributed by atoms with E-state index in [0.29, 0.717) is 17.5 Å². The van der Waals surface area contributed by atoms with Gasteiger partial charge in [0.15, 0.2) is 5.82 Å². The van der Waals surface area contributed by atoms with Gasteiger partial charge in [0, 0.05) is 12.4 Å². The molecule has 0 radical (unpaired) electrons. The molecule has 3 N–H and O–H groups in total. The number of benzene rings is 1. The monoisotopic (exact) mass is 255 g/mol. The molecule has 1 atom stereocenters. The lowest BCUT2D eigenvalue weighted by molar-refractivity contribution is 0.325. The molecule has 0 fully saturated rings. The summed E-state index contributed by atoms with van der Waals surface area (Å²) in [4.78, 5) is 11.3. The lowest BCUT2D eigenvalue weighted by Crippen LogP contribution is -2.34. The predicted octanol–water partition coefficient (Wildman–Crippen LogP) is 1.68. The quantitative estimate of drug-likeness (QED) is 0.742. The first-order valence-corrected chi connectivity index (χ1v) is 5.86. The van der Waals surface area contributed by atoms with Crippen LogP contribution in [0, 0.1) is 0 Å². The van der Waals surface area contributed by atoms with Crippen molar-refractivity contribution in [3.63, 3.8) is 0 Å². The Morgan fingerprint density at radius 3 is 2.74 bits per heavy atom. The van der Waals surface area contributed by atoms with E-state index < -0.39 is 5.54 Å². The molecule has 0 amide bonds. The molecule has 0 aliphatic carbocycles. The molecule has 1 aromatic carbocycles. The van der Waals surface area contributed by atoms with Crippen molar-refractivity contribution in [2.45, 2.75) is 12.5 Å². The summed E-state index contributed by atoms with van der Waals surface area (Å²) in [7, 11) is 0. The van der Waals surface area contributed by atoms with Gasteiger partial charge in [0.2, 0.25) is 5.82 Å². The maximum Gasteiger partial charge on any atom is 0.251 e. The summed E-state index contributed by atoms with van der Waals surface area (Å²) in [5.41, 5.74) is 6.37. The van der Waals surface area contributed by atoms with Gasteiger partial charge in [0.25, 0.3) is 5.89 Å². The third-order valence-corrected chi connectivity index (χ3v) is 2.95. The third-order valence-electron chi connectivity index (χ3n) is 2.95. The normalized spacial score (nSPS) is 14.2. The van der Waals surface area contributed by atoms with Crippen LogP contribution in [-0.4, -0.2) is 20.1 Å². The molecule has 2 heterocycles. The fraction of sp³-hybridized carbons (Fsp3) is 0.154. The van der Waals surface area contributed by atoms with Gasteiger partial charge in [-0.25, -0.2) is 4.98 Å². The molecule has 6 heteroatoms. The maximum atomic E-state index is 6.30. The Morgan fingerprint density at radius 2 is 2.05 bits per heavy atom. The van der Waals surface area contributed by atoms with Crippen molar-refractivity contribution in [2.24, 2.45) is 5.73 Å². The minimum absolute atomic E-state index is 0.352.